The third kappa shape index (κ3) is 2.12. The molecule has 72 valence electrons. The van der Waals surface area contributed by atoms with Gasteiger partial charge in [0.25, 0.3) is 0 Å². The molecule has 0 spiro atoms. The van der Waals surface area contributed by atoms with E-state index in [1.54, 1.807) is 25.3 Å². The van der Waals surface area contributed by atoms with Gasteiger partial charge in [-0.05, 0) is 12.1 Å². The lowest BCUT2D eigenvalue weighted by molar-refractivity contribution is 0.264. The Morgan fingerprint density at radius 1 is 1.62 bits per heavy atom. The van der Waals surface area contributed by atoms with Crippen molar-refractivity contribution in [2.24, 2.45) is 5.73 Å². The molecule has 0 bridgehead atoms. The van der Waals surface area contributed by atoms with Crippen LogP contribution >= 0.6 is 11.6 Å². The highest BCUT2D eigenvalue weighted by Crippen LogP contribution is 2.30. The zero-order chi connectivity index (χ0) is 9.84. The summed E-state index contributed by atoms with van der Waals surface area (Å²) in [6.07, 6.45) is 0. The Balaban J connectivity index is 3.14. The number of aliphatic hydroxyl groups is 1. The normalized spacial score (nSPS) is 12.6. The lowest BCUT2D eigenvalue weighted by Crippen LogP contribution is -2.16. The van der Waals surface area contributed by atoms with E-state index in [-0.39, 0.29) is 6.61 Å². The van der Waals surface area contributed by atoms with E-state index in [1.807, 2.05) is 0 Å². The monoisotopic (exact) mass is 201 g/mol. The highest BCUT2D eigenvalue weighted by Gasteiger charge is 2.14. The summed E-state index contributed by atoms with van der Waals surface area (Å²) in [5.41, 5.74) is 6.30. The molecule has 0 aliphatic heterocycles. The zero-order valence-electron chi connectivity index (χ0n) is 7.33. The summed E-state index contributed by atoms with van der Waals surface area (Å²) in [6, 6.07) is 4.75. The van der Waals surface area contributed by atoms with Crippen LogP contribution in [0.2, 0.25) is 5.02 Å². The van der Waals surface area contributed by atoms with E-state index in [9.17, 15) is 0 Å². The van der Waals surface area contributed by atoms with Gasteiger partial charge in [-0.3, -0.25) is 0 Å². The molecule has 4 heteroatoms. The van der Waals surface area contributed by atoms with E-state index in [0.717, 1.165) is 0 Å². The molecule has 0 unspecified atom stereocenters. The van der Waals surface area contributed by atoms with Crippen LogP contribution in [0.1, 0.15) is 11.6 Å². The highest BCUT2D eigenvalue weighted by atomic mass is 35.5. The first-order chi connectivity index (χ1) is 6.20. The first-order valence-corrected chi connectivity index (χ1v) is 4.27. The Morgan fingerprint density at radius 3 is 2.85 bits per heavy atom. The summed E-state index contributed by atoms with van der Waals surface area (Å²) in [4.78, 5) is 0. The number of nitrogens with two attached hydrogens (primary N) is 1. The van der Waals surface area contributed by atoms with Crippen molar-refractivity contribution in [3.8, 4) is 5.75 Å². The van der Waals surface area contributed by atoms with E-state index in [1.165, 1.54) is 0 Å². The maximum atomic E-state index is 8.89. The maximum Gasteiger partial charge on any atom is 0.125 e. The van der Waals surface area contributed by atoms with Crippen molar-refractivity contribution in [3.05, 3.63) is 28.8 Å². The molecule has 1 aromatic carbocycles. The SMILES string of the molecule is COc1cccc(Cl)c1[C@@H](N)CO. The van der Waals surface area contributed by atoms with Crippen LogP contribution in [-0.2, 0) is 0 Å². The second kappa shape index (κ2) is 4.46. The minimum absolute atomic E-state index is 0.153. The van der Waals surface area contributed by atoms with Crippen LogP contribution in [0.25, 0.3) is 0 Å². The predicted octanol–water partition coefficient (Wildman–Crippen LogP) is 1.34. The number of rotatable bonds is 3. The van der Waals surface area contributed by atoms with Crippen LogP contribution in [0.4, 0.5) is 0 Å². The maximum absolute atomic E-state index is 8.89. The fourth-order valence-corrected chi connectivity index (χ4v) is 1.45. The van der Waals surface area contributed by atoms with Crippen LogP contribution < -0.4 is 10.5 Å². The molecule has 0 heterocycles. The number of hydrogen-bond acceptors (Lipinski definition) is 3. The summed E-state index contributed by atoms with van der Waals surface area (Å²) in [7, 11) is 1.54. The molecule has 0 radical (unpaired) electrons. The summed E-state index contributed by atoms with van der Waals surface area (Å²) in [5, 5.41) is 9.41. The molecule has 0 aliphatic rings. The van der Waals surface area contributed by atoms with E-state index in [4.69, 9.17) is 27.2 Å². The van der Waals surface area contributed by atoms with E-state index >= 15 is 0 Å². The second-order valence-electron chi connectivity index (χ2n) is 2.64. The highest BCUT2D eigenvalue weighted by molar-refractivity contribution is 6.31. The topological polar surface area (TPSA) is 55.5 Å². The van der Waals surface area contributed by atoms with Gasteiger partial charge in [0, 0.05) is 10.6 Å². The Kier molecular flexibility index (Phi) is 3.54. The molecule has 0 amide bonds. The molecule has 0 saturated carbocycles. The third-order valence-corrected chi connectivity index (χ3v) is 2.13. The molecule has 13 heavy (non-hydrogen) atoms. The lowest BCUT2D eigenvalue weighted by atomic mass is 10.1. The number of methoxy groups -OCH3 is 1. The molecule has 0 fully saturated rings. The van der Waals surface area contributed by atoms with Crippen molar-refractivity contribution in [1.82, 2.24) is 0 Å². The molecule has 1 atom stereocenters. The fraction of sp³-hybridized carbons (Fsp3) is 0.333. The summed E-state index contributed by atoms with van der Waals surface area (Å²) in [6.45, 7) is -0.153. The smallest absolute Gasteiger partial charge is 0.125 e. The quantitative estimate of drug-likeness (QED) is 0.776. The predicted molar refractivity (Wildman–Crippen MR) is 52.0 cm³/mol. The van der Waals surface area contributed by atoms with Gasteiger partial charge in [-0.1, -0.05) is 17.7 Å². The van der Waals surface area contributed by atoms with Gasteiger partial charge in [0.1, 0.15) is 5.75 Å². The molecule has 3 nitrogen and oxygen atoms in total. The minimum atomic E-state index is -0.497. The Hall–Kier alpha value is -0.770. The van der Waals surface area contributed by atoms with Gasteiger partial charge in [0.2, 0.25) is 0 Å². The van der Waals surface area contributed by atoms with Crippen LogP contribution in [0.5, 0.6) is 5.75 Å². The van der Waals surface area contributed by atoms with Gasteiger partial charge in [0.15, 0.2) is 0 Å². The lowest BCUT2D eigenvalue weighted by Gasteiger charge is -2.14. The van der Waals surface area contributed by atoms with Gasteiger partial charge >= 0.3 is 0 Å². The van der Waals surface area contributed by atoms with E-state index in [2.05, 4.69) is 0 Å². The molecule has 0 aromatic heterocycles. The van der Waals surface area contributed by atoms with Gasteiger partial charge in [0.05, 0.1) is 19.8 Å². The van der Waals surface area contributed by atoms with Crippen molar-refractivity contribution in [2.45, 2.75) is 6.04 Å². The van der Waals surface area contributed by atoms with Gasteiger partial charge < -0.3 is 15.6 Å². The molecule has 0 saturated heterocycles. The molecule has 1 aromatic rings. The van der Waals surface area contributed by atoms with Crippen molar-refractivity contribution in [2.75, 3.05) is 13.7 Å². The standard InChI is InChI=1S/C9H12ClNO2/c1-13-8-4-2-3-6(10)9(8)7(11)5-12/h2-4,7,12H,5,11H2,1H3/t7-/m0/s1. The molecule has 3 N–H and O–H groups in total. The van der Waals surface area contributed by atoms with Gasteiger partial charge in [-0.15, -0.1) is 0 Å². The van der Waals surface area contributed by atoms with Crippen molar-refractivity contribution in [1.29, 1.82) is 0 Å². The average molecular weight is 202 g/mol. The average Bonchev–Trinajstić information content (AvgIpc) is 2.16. The summed E-state index contributed by atoms with van der Waals surface area (Å²) < 4.78 is 5.07. The van der Waals surface area contributed by atoms with Crippen molar-refractivity contribution in [3.63, 3.8) is 0 Å². The zero-order valence-corrected chi connectivity index (χ0v) is 8.08. The van der Waals surface area contributed by atoms with Crippen LogP contribution in [0, 0.1) is 0 Å². The third-order valence-electron chi connectivity index (χ3n) is 1.80. The van der Waals surface area contributed by atoms with Gasteiger partial charge in [-0.25, -0.2) is 0 Å². The second-order valence-corrected chi connectivity index (χ2v) is 3.05. The molecule has 1 rings (SSSR count). The van der Waals surface area contributed by atoms with Crippen molar-refractivity contribution < 1.29 is 9.84 Å². The molecule has 0 aliphatic carbocycles. The summed E-state index contributed by atoms with van der Waals surface area (Å²) >= 11 is 5.91. The Labute approximate surface area is 82.1 Å². The largest absolute Gasteiger partial charge is 0.496 e. The first-order valence-electron chi connectivity index (χ1n) is 3.89. The van der Waals surface area contributed by atoms with Crippen LogP contribution in [0.3, 0.4) is 0 Å². The number of hydrogen-bond donors (Lipinski definition) is 2. The summed E-state index contributed by atoms with van der Waals surface area (Å²) in [5.74, 6) is 0.606. The van der Waals surface area contributed by atoms with Gasteiger partial charge in [-0.2, -0.15) is 0 Å². The number of ether oxygens (including phenoxy) is 1. The van der Waals surface area contributed by atoms with Crippen molar-refractivity contribution >= 4 is 11.6 Å². The van der Waals surface area contributed by atoms with Crippen LogP contribution in [-0.4, -0.2) is 18.8 Å². The van der Waals surface area contributed by atoms with E-state index < -0.39 is 6.04 Å². The number of aliphatic hydroxyl groups excluding tert-OH is 1. The Bertz CT molecular complexity index is 291. The molecular formula is C9H12ClNO2. The van der Waals surface area contributed by atoms with Crippen LogP contribution in [0.15, 0.2) is 18.2 Å². The minimum Gasteiger partial charge on any atom is -0.496 e. The first kappa shape index (κ1) is 10.3. The number of halogens is 1. The molecular weight excluding hydrogens is 190 g/mol. The Morgan fingerprint density at radius 2 is 2.31 bits per heavy atom. The fourth-order valence-electron chi connectivity index (χ4n) is 1.15. The van der Waals surface area contributed by atoms with E-state index in [0.29, 0.717) is 16.3 Å². The number of benzene rings is 1.